The molecule has 1 aromatic rings. The van der Waals surface area contributed by atoms with Crippen molar-refractivity contribution in [1.29, 1.82) is 0 Å². The largest absolute Gasteiger partial charge is 0.469 e. The molecular weight excluding hydrogens is 223 g/mol. The van der Waals surface area contributed by atoms with E-state index in [1.807, 2.05) is 6.92 Å². The Labute approximate surface area is 100 Å². The van der Waals surface area contributed by atoms with Gasteiger partial charge in [0.05, 0.1) is 19.0 Å². The second-order valence-corrected chi connectivity index (χ2v) is 3.76. The molecule has 0 aliphatic rings. The molecule has 0 fully saturated rings. The highest BCUT2D eigenvalue weighted by Crippen LogP contribution is 2.09. The van der Waals surface area contributed by atoms with Crippen LogP contribution in [0.5, 0.6) is 0 Å². The lowest BCUT2D eigenvalue weighted by molar-refractivity contribution is -0.140. The first-order valence-electron chi connectivity index (χ1n) is 5.55. The van der Waals surface area contributed by atoms with Crippen LogP contribution in [0, 0.1) is 5.82 Å². The van der Waals surface area contributed by atoms with Crippen molar-refractivity contribution in [2.24, 2.45) is 0 Å². The Morgan fingerprint density at radius 1 is 1.59 bits per heavy atom. The van der Waals surface area contributed by atoms with Gasteiger partial charge in [0.15, 0.2) is 0 Å². The molecular formula is C12H17FN2O2. The van der Waals surface area contributed by atoms with Crippen molar-refractivity contribution in [3.8, 4) is 0 Å². The summed E-state index contributed by atoms with van der Waals surface area (Å²) in [7, 11) is 1.38. The molecule has 17 heavy (non-hydrogen) atoms. The fraction of sp³-hybridized carbons (Fsp3) is 0.500. The van der Waals surface area contributed by atoms with Crippen LogP contribution in [0.25, 0.3) is 0 Å². The normalized spacial score (nSPS) is 12.2. The predicted octanol–water partition coefficient (Wildman–Crippen LogP) is 1.82. The van der Waals surface area contributed by atoms with Gasteiger partial charge in [0.2, 0.25) is 0 Å². The zero-order chi connectivity index (χ0) is 12.7. The molecule has 1 atom stereocenters. The predicted molar refractivity (Wildman–Crippen MR) is 61.9 cm³/mol. The summed E-state index contributed by atoms with van der Waals surface area (Å²) in [5, 5.41) is 3.21. The maximum atomic E-state index is 12.7. The summed E-state index contributed by atoms with van der Waals surface area (Å²) >= 11 is 0. The highest BCUT2D eigenvalue weighted by molar-refractivity contribution is 5.69. The Morgan fingerprint density at radius 3 is 2.94 bits per heavy atom. The van der Waals surface area contributed by atoms with Crippen molar-refractivity contribution in [1.82, 2.24) is 10.3 Å². The van der Waals surface area contributed by atoms with Crippen molar-refractivity contribution in [3.63, 3.8) is 0 Å². The quantitative estimate of drug-likeness (QED) is 0.608. The minimum absolute atomic E-state index is 0.0354. The molecule has 1 N–H and O–H groups in total. The topological polar surface area (TPSA) is 51.2 Å². The van der Waals surface area contributed by atoms with Crippen LogP contribution in [0.15, 0.2) is 18.3 Å². The highest BCUT2D eigenvalue weighted by Gasteiger charge is 2.06. The lowest BCUT2D eigenvalue weighted by atomic mass is 10.2. The summed E-state index contributed by atoms with van der Waals surface area (Å²) in [6.07, 6.45) is 2.30. The van der Waals surface area contributed by atoms with E-state index in [1.165, 1.54) is 19.4 Å². The van der Waals surface area contributed by atoms with Crippen LogP contribution in [0.1, 0.15) is 31.5 Å². The summed E-state index contributed by atoms with van der Waals surface area (Å²) in [5.74, 6) is -0.550. The van der Waals surface area contributed by atoms with Gasteiger partial charge < -0.3 is 10.1 Å². The molecule has 0 aliphatic carbocycles. The average Bonchev–Trinajstić information content (AvgIpc) is 2.34. The summed E-state index contributed by atoms with van der Waals surface area (Å²) in [6.45, 7) is 2.63. The molecule has 0 aromatic carbocycles. The van der Waals surface area contributed by atoms with Gasteiger partial charge in [-0.25, -0.2) is 4.39 Å². The Kier molecular flexibility index (Phi) is 5.56. The van der Waals surface area contributed by atoms with Crippen LogP contribution in [-0.2, 0) is 9.53 Å². The van der Waals surface area contributed by atoms with Crippen LogP contribution in [0.2, 0.25) is 0 Å². The first-order chi connectivity index (χ1) is 8.13. The molecule has 94 valence electrons. The van der Waals surface area contributed by atoms with Crippen molar-refractivity contribution in [3.05, 3.63) is 29.8 Å². The van der Waals surface area contributed by atoms with E-state index in [-0.39, 0.29) is 17.8 Å². The second kappa shape index (κ2) is 6.96. The van der Waals surface area contributed by atoms with Crippen LogP contribution in [0.3, 0.4) is 0 Å². The summed E-state index contributed by atoms with van der Waals surface area (Å²) in [5.41, 5.74) is 0.782. The number of ether oxygens (including phenoxy) is 1. The summed E-state index contributed by atoms with van der Waals surface area (Å²) in [6, 6.07) is 3.07. The third kappa shape index (κ3) is 4.91. The number of hydrogen-bond acceptors (Lipinski definition) is 4. The lowest BCUT2D eigenvalue weighted by Crippen LogP contribution is -2.21. The third-order valence-corrected chi connectivity index (χ3v) is 2.43. The molecule has 1 rings (SSSR count). The molecule has 1 aromatic heterocycles. The number of halogens is 1. The summed E-state index contributed by atoms with van der Waals surface area (Å²) in [4.78, 5) is 14.8. The molecule has 0 saturated carbocycles. The number of esters is 1. The van der Waals surface area contributed by atoms with Gasteiger partial charge in [0.25, 0.3) is 0 Å². The van der Waals surface area contributed by atoms with Gasteiger partial charge in [-0.1, -0.05) is 0 Å². The fourth-order valence-corrected chi connectivity index (χ4v) is 1.40. The molecule has 1 heterocycles. The average molecular weight is 240 g/mol. The van der Waals surface area contributed by atoms with E-state index in [2.05, 4.69) is 15.0 Å². The number of nitrogens with one attached hydrogen (secondary N) is 1. The number of carbonyl (C=O) groups is 1. The van der Waals surface area contributed by atoms with Crippen LogP contribution in [-0.4, -0.2) is 24.6 Å². The SMILES string of the molecule is COC(=O)CCCNC(C)c1ccc(F)cn1. The van der Waals surface area contributed by atoms with Crippen molar-refractivity contribution in [2.75, 3.05) is 13.7 Å². The number of pyridine rings is 1. The highest BCUT2D eigenvalue weighted by atomic mass is 19.1. The molecule has 0 radical (unpaired) electrons. The van der Waals surface area contributed by atoms with Gasteiger partial charge >= 0.3 is 5.97 Å². The monoisotopic (exact) mass is 240 g/mol. The van der Waals surface area contributed by atoms with E-state index in [0.29, 0.717) is 19.4 Å². The minimum atomic E-state index is -0.341. The van der Waals surface area contributed by atoms with Crippen LogP contribution >= 0.6 is 0 Å². The van der Waals surface area contributed by atoms with Gasteiger partial charge in [-0.05, 0) is 32.0 Å². The maximum Gasteiger partial charge on any atom is 0.305 e. The first-order valence-corrected chi connectivity index (χ1v) is 5.55. The summed E-state index contributed by atoms with van der Waals surface area (Å²) < 4.78 is 17.2. The lowest BCUT2D eigenvalue weighted by Gasteiger charge is -2.12. The smallest absolute Gasteiger partial charge is 0.305 e. The van der Waals surface area contributed by atoms with E-state index < -0.39 is 0 Å². The molecule has 0 amide bonds. The van der Waals surface area contributed by atoms with Crippen LogP contribution < -0.4 is 5.32 Å². The van der Waals surface area contributed by atoms with E-state index in [0.717, 1.165) is 5.69 Å². The molecule has 0 spiro atoms. The van der Waals surface area contributed by atoms with Crippen LogP contribution in [0.4, 0.5) is 4.39 Å². The number of aromatic nitrogens is 1. The number of nitrogens with zero attached hydrogens (tertiary/aromatic N) is 1. The van der Waals surface area contributed by atoms with E-state index >= 15 is 0 Å². The van der Waals surface area contributed by atoms with E-state index in [1.54, 1.807) is 6.07 Å². The Hall–Kier alpha value is -1.49. The number of rotatable bonds is 6. The zero-order valence-electron chi connectivity index (χ0n) is 10.1. The molecule has 0 saturated heterocycles. The fourth-order valence-electron chi connectivity index (χ4n) is 1.40. The minimum Gasteiger partial charge on any atom is -0.469 e. The molecule has 4 nitrogen and oxygen atoms in total. The maximum absolute atomic E-state index is 12.7. The molecule has 0 aliphatic heterocycles. The number of carbonyl (C=O) groups excluding carboxylic acids is 1. The van der Waals surface area contributed by atoms with E-state index in [9.17, 15) is 9.18 Å². The molecule has 0 bridgehead atoms. The zero-order valence-corrected chi connectivity index (χ0v) is 10.1. The van der Waals surface area contributed by atoms with Gasteiger partial charge in [-0.3, -0.25) is 9.78 Å². The number of methoxy groups -OCH3 is 1. The van der Waals surface area contributed by atoms with Crippen molar-refractivity contribution < 1.29 is 13.9 Å². The van der Waals surface area contributed by atoms with Gasteiger partial charge in [0.1, 0.15) is 5.82 Å². The van der Waals surface area contributed by atoms with Crippen molar-refractivity contribution in [2.45, 2.75) is 25.8 Å². The second-order valence-electron chi connectivity index (χ2n) is 3.76. The van der Waals surface area contributed by atoms with Gasteiger partial charge in [-0.15, -0.1) is 0 Å². The standard InChI is InChI=1S/C12H17FN2O2/c1-9(11-6-5-10(13)8-15-11)14-7-3-4-12(16)17-2/h5-6,8-9,14H,3-4,7H2,1-2H3. The third-order valence-electron chi connectivity index (χ3n) is 2.43. The number of hydrogen-bond donors (Lipinski definition) is 1. The molecule has 1 unspecified atom stereocenters. The Morgan fingerprint density at radius 2 is 2.35 bits per heavy atom. The van der Waals surface area contributed by atoms with Crippen molar-refractivity contribution >= 4 is 5.97 Å². The van der Waals surface area contributed by atoms with E-state index in [4.69, 9.17) is 0 Å². The first kappa shape index (κ1) is 13.6. The molecule has 5 heteroatoms. The van der Waals surface area contributed by atoms with Gasteiger partial charge in [0, 0.05) is 12.5 Å². The Balaban J connectivity index is 2.27. The van der Waals surface area contributed by atoms with Gasteiger partial charge in [-0.2, -0.15) is 0 Å². The Bertz CT molecular complexity index is 354.